The Morgan fingerprint density at radius 2 is 1.50 bits per heavy atom. The zero-order valence-electron chi connectivity index (χ0n) is 18.6. The maximum absolute atomic E-state index is 9.75. The number of fused-ring (bicyclic) bond motifs is 1. The van der Waals surface area contributed by atoms with Gasteiger partial charge in [0.15, 0.2) is 5.71 Å². The summed E-state index contributed by atoms with van der Waals surface area (Å²) in [5.41, 5.74) is 6.93. The van der Waals surface area contributed by atoms with Gasteiger partial charge in [-0.15, -0.1) is 22.7 Å². The number of hydrogen-bond donors (Lipinski definition) is 0. The number of halogens is 4. The van der Waals surface area contributed by atoms with Crippen molar-refractivity contribution < 1.29 is 21.8 Å². The van der Waals surface area contributed by atoms with Crippen molar-refractivity contribution in [1.82, 2.24) is 0 Å². The van der Waals surface area contributed by atoms with Crippen molar-refractivity contribution in [3.8, 4) is 0 Å². The summed E-state index contributed by atoms with van der Waals surface area (Å²) in [6, 6.07) is 8.80. The van der Waals surface area contributed by atoms with Crippen molar-refractivity contribution in [1.29, 1.82) is 0 Å². The molecule has 0 aromatic carbocycles. The summed E-state index contributed by atoms with van der Waals surface area (Å²) in [6.07, 6.45) is 15.9. The summed E-state index contributed by atoms with van der Waals surface area (Å²) in [5.74, 6) is 0. The number of rotatable bonds is 3. The van der Waals surface area contributed by atoms with Crippen molar-refractivity contribution in [2.75, 3.05) is 14.1 Å². The quantitative estimate of drug-likeness (QED) is 0.223. The lowest BCUT2D eigenvalue weighted by molar-refractivity contribution is -0.462. The van der Waals surface area contributed by atoms with E-state index in [4.69, 9.17) is 0 Å². The van der Waals surface area contributed by atoms with Crippen molar-refractivity contribution in [2.45, 2.75) is 12.8 Å². The Labute approximate surface area is 209 Å². The first-order chi connectivity index (χ1) is 16.2. The van der Waals surface area contributed by atoms with Gasteiger partial charge in [-0.1, -0.05) is 30.0 Å². The lowest BCUT2D eigenvalue weighted by Crippen LogP contribution is -2.09. The smallest absolute Gasteiger partial charge is 0.418 e. The predicted octanol–water partition coefficient (Wildman–Crippen LogP) is 8.46. The third kappa shape index (κ3) is 6.20. The molecule has 0 unspecified atom stereocenters. The molecule has 3 aliphatic rings. The van der Waals surface area contributed by atoms with Crippen molar-refractivity contribution in [3.05, 3.63) is 103 Å². The monoisotopic (exact) mass is 519 g/mol. The number of allylic oxidation sites excluding steroid dienone is 10. The Balaban J connectivity index is 0.000000499. The van der Waals surface area contributed by atoms with Crippen LogP contribution in [0.5, 0.6) is 0 Å². The molecule has 1 aliphatic heterocycles. The Hall–Kier alpha value is -2.36. The zero-order valence-corrected chi connectivity index (χ0v) is 21.1. The number of thioether (sulfide) groups is 1. The maximum atomic E-state index is 9.75. The highest BCUT2D eigenvalue weighted by atomic mass is 32.2. The van der Waals surface area contributed by atoms with Crippen LogP contribution in [0.15, 0.2) is 93.1 Å². The molecule has 1 nitrogen and oxygen atoms in total. The van der Waals surface area contributed by atoms with Gasteiger partial charge in [0, 0.05) is 31.7 Å². The molecule has 5 rings (SSSR count). The van der Waals surface area contributed by atoms with E-state index >= 15 is 0 Å². The molecule has 9 heteroatoms. The molecule has 0 radical (unpaired) electrons. The van der Waals surface area contributed by atoms with E-state index in [-0.39, 0.29) is 0 Å². The van der Waals surface area contributed by atoms with E-state index in [1.165, 1.54) is 47.6 Å². The Bertz CT molecular complexity index is 1240. The van der Waals surface area contributed by atoms with Gasteiger partial charge in [-0.2, -0.15) is 0 Å². The molecule has 0 saturated carbocycles. The fourth-order valence-electron chi connectivity index (χ4n) is 3.82. The second-order valence-electron chi connectivity index (χ2n) is 7.94. The van der Waals surface area contributed by atoms with Crippen LogP contribution in [0, 0.1) is 0 Å². The van der Waals surface area contributed by atoms with Crippen molar-refractivity contribution >= 4 is 57.9 Å². The first-order valence-corrected chi connectivity index (χ1v) is 13.2. The topological polar surface area (TPSA) is 3.01 Å². The van der Waals surface area contributed by atoms with E-state index in [0.29, 0.717) is 0 Å². The summed E-state index contributed by atoms with van der Waals surface area (Å²) in [4.78, 5) is 5.58. The van der Waals surface area contributed by atoms with E-state index in [9.17, 15) is 17.3 Å². The third-order valence-corrected chi connectivity index (χ3v) is 8.53. The van der Waals surface area contributed by atoms with Crippen LogP contribution in [0.2, 0.25) is 0 Å². The SMILES string of the molecule is C[N+](C)=C1C=CC(=CC2=C3SC(c4cccs4)=CC(c4cccs4)=C3CC2)C=C1.F[B-](F)(F)F. The fourth-order valence-corrected chi connectivity index (χ4v) is 6.69. The minimum absolute atomic E-state index is 1.12. The molecule has 0 N–H and O–H groups in total. The van der Waals surface area contributed by atoms with Crippen LogP contribution in [0.25, 0.3) is 10.5 Å². The highest BCUT2D eigenvalue weighted by Crippen LogP contribution is 2.53. The highest BCUT2D eigenvalue weighted by Gasteiger charge is 2.28. The van der Waals surface area contributed by atoms with Crippen LogP contribution in [-0.2, 0) is 0 Å². The van der Waals surface area contributed by atoms with Crippen molar-refractivity contribution in [2.24, 2.45) is 0 Å². The summed E-state index contributed by atoms with van der Waals surface area (Å²) in [6.45, 7) is 0. The Morgan fingerprint density at radius 1 is 0.882 bits per heavy atom. The lowest BCUT2D eigenvalue weighted by atomic mass is 10.0. The highest BCUT2D eigenvalue weighted by molar-refractivity contribution is 8.12. The predicted molar refractivity (Wildman–Crippen MR) is 141 cm³/mol. The lowest BCUT2D eigenvalue weighted by Gasteiger charge is -2.19. The largest absolute Gasteiger partial charge is 0.673 e. The molecular weight excluding hydrogens is 497 g/mol. The molecule has 176 valence electrons. The molecule has 34 heavy (non-hydrogen) atoms. The molecule has 3 heterocycles. The Morgan fingerprint density at radius 3 is 2.06 bits per heavy atom. The van der Waals surface area contributed by atoms with E-state index in [2.05, 4.69) is 90.2 Å². The van der Waals surface area contributed by atoms with Crippen LogP contribution in [0.4, 0.5) is 17.3 Å². The molecule has 0 atom stereocenters. The van der Waals surface area contributed by atoms with Gasteiger partial charge in [0.05, 0.1) is 0 Å². The van der Waals surface area contributed by atoms with Gasteiger partial charge in [0.25, 0.3) is 0 Å². The first-order valence-electron chi connectivity index (χ1n) is 10.6. The standard InChI is InChI=1S/C25H22NS3.BF4/c1-26(2)19-10-7-17(8-11-19)15-18-9-12-20-21(22-5-3-13-27-22)16-24(29-25(18)20)23-6-4-14-28-23;2-1(3,4)5/h3-8,10-11,13-16H,9,12H2,1-2H3;/q+1;-1. The maximum Gasteiger partial charge on any atom is 0.673 e. The van der Waals surface area contributed by atoms with Crippen molar-refractivity contribution in [3.63, 3.8) is 0 Å². The second-order valence-corrected chi connectivity index (χ2v) is 10.9. The molecule has 0 amide bonds. The van der Waals surface area contributed by atoms with E-state index in [1.807, 2.05) is 34.4 Å². The fraction of sp³-hybridized carbons (Fsp3) is 0.160. The molecule has 0 fully saturated rings. The molecule has 0 spiro atoms. The number of nitrogens with zero attached hydrogens (tertiary/aromatic N) is 1. The van der Waals surface area contributed by atoms with Crippen LogP contribution in [0.3, 0.4) is 0 Å². The minimum Gasteiger partial charge on any atom is -0.418 e. The first kappa shape index (κ1) is 24.8. The van der Waals surface area contributed by atoms with Gasteiger partial charge >= 0.3 is 7.25 Å². The molecule has 2 aliphatic carbocycles. The molecular formula is C25H22BF4NS3. The van der Waals surface area contributed by atoms with E-state index < -0.39 is 7.25 Å². The molecule has 0 saturated heterocycles. The van der Waals surface area contributed by atoms with Crippen LogP contribution < -0.4 is 0 Å². The number of thiophene rings is 2. The number of hydrogen-bond acceptors (Lipinski definition) is 3. The second kappa shape index (κ2) is 10.5. The summed E-state index contributed by atoms with van der Waals surface area (Å²) < 4.78 is 41.1. The normalized spacial score (nSPS) is 17.5. The van der Waals surface area contributed by atoms with Gasteiger partial charge in [0.1, 0.15) is 14.1 Å². The van der Waals surface area contributed by atoms with Gasteiger partial charge in [-0.05, 0) is 76.3 Å². The summed E-state index contributed by atoms with van der Waals surface area (Å²) >= 11 is 5.62. The van der Waals surface area contributed by atoms with Gasteiger partial charge in [-0.3, -0.25) is 0 Å². The van der Waals surface area contributed by atoms with Crippen LogP contribution >= 0.6 is 34.4 Å². The summed E-state index contributed by atoms with van der Waals surface area (Å²) in [5, 5.41) is 4.35. The van der Waals surface area contributed by atoms with Crippen LogP contribution in [-0.4, -0.2) is 31.6 Å². The van der Waals surface area contributed by atoms with Crippen LogP contribution in [0.1, 0.15) is 22.6 Å². The molecule has 0 bridgehead atoms. The van der Waals surface area contributed by atoms with E-state index in [0.717, 1.165) is 12.8 Å². The zero-order chi connectivity index (χ0) is 24.3. The van der Waals surface area contributed by atoms with Gasteiger partial charge in [0.2, 0.25) is 0 Å². The third-order valence-electron chi connectivity index (χ3n) is 5.32. The molecule has 2 aromatic heterocycles. The van der Waals surface area contributed by atoms with Gasteiger partial charge < -0.3 is 17.3 Å². The van der Waals surface area contributed by atoms with Gasteiger partial charge in [-0.25, -0.2) is 4.58 Å². The average molecular weight is 519 g/mol. The Kier molecular flexibility index (Phi) is 7.65. The average Bonchev–Trinajstić information content (AvgIpc) is 3.55. The minimum atomic E-state index is -6.00. The molecule has 2 aromatic rings. The van der Waals surface area contributed by atoms with E-state index in [1.54, 1.807) is 0 Å². The summed E-state index contributed by atoms with van der Waals surface area (Å²) in [7, 11) is -1.83.